The Balaban J connectivity index is 1.64. The molecule has 2 N–H and O–H groups in total. The number of rotatable bonds is 8. The van der Waals surface area contributed by atoms with Crippen LogP contribution in [0.1, 0.15) is 12.5 Å². The lowest BCUT2D eigenvalue weighted by molar-refractivity contribution is -0.116. The number of hydrogen-bond acceptors (Lipinski definition) is 6. The molecular formula is C29H31N7O3. The van der Waals surface area contributed by atoms with E-state index in [1.807, 2.05) is 48.5 Å². The van der Waals surface area contributed by atoms with E-state index >= 15 is 0 Å². The molecule has 0 radical (unpaired) electrons. The first kappa shape index (κ1) is 26.0. The van der Waals surface area contributed by atoms with E-state index < -0.39 is 11.2 Å². The SMILES string of the molecule is CC#CCn1c(N2CCNCC2)nc2c1c(=O)n(CCc1ccccc1)c(=O)n2CC(=O)Nc1ccccc1. The maximum atomic E-state index is 13.9. The second kappa shape index (κ2) is 11.8. The zero-order valence-corrected chi connectivity index (χ0v) is 21.9. The van der Waals surface area contributed by atoms with Gasteiger partial charge in [-0.1, -0.05) is 54.5 Å². The number of imidazole rings is 1. The van der Waals surface area contributed by atoms with Crippen molar-refractivity contribution in [1.29, 1.82) is 0 Å². The molecule has 10 nitrogen and oxygen atoms in total. The van der Waals surface area contributed by atoms with Crippen LogP contribution in [0.15, 0.2) is 70.3 Å². The van der Waals surface area contributed by atoms with E-state index in [0.29, 0.717) is 31.1 Å². The molecule has 2 aromatic carbocycles. The topological polar surface area (TPSA) is 106 Å². The molecule has 200 valence electrons. The van der Waals surface area contributed by atoms with E-state index in [1.54, 1.807) is 23.6 Å². The highest BCUT2D eigenvalue weighted by Gasteiger charge is 2.26. The highest BCUT2D eigenvalue weighted by atomic mass is 16.2. The van der Waals surface area contributed by atoms with Gasteiger partial charge in [-0.15, -0.1) is 5.92 Å². The van der Waals surface area contributed by atoms with E-state index in [2.05, 4.69) is 27.4 Å². The molecule has 0 unspecified atom stereocenters. The third kappa shape index (κ3) is 5.63. The highest BCUT2D eigenvalue weighted by molar-refractivity contribution is 5.91. The second-order valence-corrected chi connectivity index (χ2v) is 9.31. The molecular weight excluding hydrogens is 494 g/mol. The molecule has 0 atom stereocenters. The average Bonchev–Trinajstić information content (AvgIpc) is 3.35. The summed E-state index contributed by atoms with van der Waals surface area (Å²) in [7, 11) is 0. The molecule has 3 heterocycles. The van der Waals surface area contributed by atoms with Gasteiger partial charge in [-0.3, -0.25) is 23.3 Å². The molecule has 1 aliphatic rings. The van der Waals surface area contributed by atoms with Gasteiger partial charge in [0, 0.05) is 38.4 Å². The number of para-hydroxylation sites is 1. The summed E-state index contributed by atoms with van der Waals surface area (Å²) in [5.74, 6) is 6.13. The number of piperazine rings is 1. The Morgan fingerprint density at radius 3 is 2.36 bits per heavy atom. The van der Waals surface area contributed by atoms with E-state index in [1.165, 1.54) is 9.13 Å². The Bertz CT molecular complexity index is 1640. The second-order valence-electron chi connectivity index (χ2n) is 9.31. The molecule has 4 aromatic rings. The fourth-order valence-corrected chi connectivity index (χ4v) is 4.78. The first-order chi connectivity index (χ1) is 19.1. The molecule has 1 saturated heterocycles. The molecule has 1 fully saturated rings. The van der Waals surface area contributed by atoms with Crippen LogP contribution in [0.2, 0.25) is 0 Å². The van der Waals surface area contributed by atoms with Crippen LogP contribution in [-0.2, 0) is 30.8 Å². The van der Waals surface area contributed by atoms with Crippen molar-refractivity contribution in [1.82, 2.24) is 24.0 Å². The number of fused-ring (bicyclic) bond motifs is 1. The molecule has 0 spiro atoms. The van der Waals surface area contributed by atoms with Crippen LogP contribution in [0.25, 0.3) is 11.2 Å². The third-order valence-electron chi connectivity index (χ3n) is 6.73. The molecule has 0 aliphatic carbocycles. The van der Waals surface area contributed by atoms with Crippen molar-refractivity contribution < 1.29 is 4.79 Å². The number of benzene rings is 2. The van der Waals surface area contributed by atoms with Gasteiger partial charge < -0.3 is 15.5 Å². The normalized spacial score (nSPS) is 13.2. The van der Waals surface area contributed by atoms with Crippen LogP contribution < -0.4 is 26.8 Å². The Hall–Kier alpha value is -4.62. The minimum atomic E-state index is -0.565. The predicted molar refractivity (Wildman–Crippen MR) is 152 cm³/mol. The van der Waals surface area contributed by atoms with Crippen molar-refractivity contribution in [2.75, 3.05) is 36.4 Å². The molecule has 39 heavy (non-hydrogen) atoms. The van der Waals surface area contributed by atoms with Crippen molar-refractivity contribution in [2.45, 2.75) is 33.0 Å². The first-order valence-corrected chi connectivity index (χ1v) is 13.0. The van der Waals surface area contributed by atoms with Gasteiger partial charge in [-0.05, 0) is 31.0 Å². The summed E-state index contributed by atoms with van der Waals surface area (Å²) in [5, 5.41) is 6.15. The van der Waals surface area contributed by atoms with Crippen LogP contribution in [0.4, 0.5) is 11.6 Å². The Labute approximate surface area is 225 Å². The number of carbonyl (C=O) groups is 1. The van der Waals surface area contributed by atoms with Crippen LogP contribution in [0.5, 0.6) is 0 Å². The van der Waals surface area contributed by atoms with Gasteiger partial charge in [0.05, 0.1) is 6.54 Å². The van der Waals surface area contributed by atoms with Gasteiger partial charge in [0.25, 0.3) is 5.56 Å². The quantitative estimate of drug-likeness (QED) is 0.339. The average molecular weight is 526 g/mol. The lowest BCUT2D eigenvalue weighted by atomic mass is 10.1. The lowest BCUT2D eigenvalue weighted by Crippen LogP contribution is -2.44. The molecule has 0 saturated carbocycles. The van der Waals surface area contributed by atoms with Crippen LogP contribution in [-0.4, -0.2) is 50.8 Å². The molecule has 1 aliphatic heterocycles. The van der Waals surface area contributed by atoms with E-state index in [4.69, 9.17) is 4.98 Å². The fourth-order valence-electron chi connectivity index (χ4n) is 4.78. The van der Waals surface area contributed by atoms with Gasteiger partial charge in [0.2, 0.25) is 11.9 Å². The number of aryl methyl sites for hydroxylation is 1. The van der Waals surface area contributed by atoms with Gasteiger partial charge in [0.1, 0.15) is 6.54 Å². The summed E-state index contributed by atoms with van der Waals surface area (Å²) in [6.07, 6.45) is 0.491. The van der Waals surface area contributed by atoms with Gasteiger partial charge in [-0.2, -0.15) is 4.98 Å². The van der Waals surface area contributed by atoms with Gasteiger partial charge in [-0.25, -0.2) is 4.79 Å². The van der Waals surface area contributed by atoms with Crippen molar-refractivity contribution in [2.24, 2.45) is 0 Å². The number of aromatic nitrogens is 4. The van der Waals surface area contributed by atoms with Crippen LogP contribution in [0.3, 0.4) is 0 Å². The fraction of sp³-hybridized carbons (Fsp3) is 0.310. The van der Waals surface area contributed by atoms with Gasteiger partial charge in [0.15, 0.2) is 11.2 Å². The van der Waals surface area contributed by atoms with E-state index in [-0.39, 0.29) is 36.7 Å². The molecule has 1 amide bonds. The van der Waals surface area contributed by atoms with Crippen LogP contribution in [0, 0.1) is 11.8 Å². The van der Waals surface area contributed by atoms with Gasteiger partial charge >= 0.3 is 5.69 Å². The number of nitrogens with one attached hydrogen (secondary N) is 2. The minimum Gasteiger partial charge on any atom is -0.340 e. The zero-order chi connectivity index (χ0) is 27.2. The molecule has 5 rings (SSSR count). The van der Waals surface area contributed by atoms with Crippen molar-refractivity contribution in [3.8, 4) is 11.8 Å². The summed E-state index contributed by atoms with van der Waals surface area (Å²) < 4.78 is 4.30. The molecule has 2 aromatic heterocycles. The standard InChI is InChI=1S/C29H31N7O3/c1-2-3-17-34-25-26(32-28(34)33-19-15-30-16-20-33)36(21-24(37)31-23-12-8-5-9-13-23)29(39)35(27(25)38)18-14-22-10-6-4-7-11-22/h4-13,30H,14-21H2,1H3,(H,31,37). The number of nitrogens with zero attached hydrogens (tertiary/aromatic N) is 5. The summed E-state index contributed by atoms with van der Waals surface area (Å²) in [6, 6.07) is 18.7. The highest BCUT2D eigenvalue weighted by Crippen LogP contribution is 2.21. The van der Waals surface area contributed by atoms with E-state index in [9.17, 15) is 14.4 Å². The maximum absolute atomic E-state index is 13.9. The zero-order valence-electron chi connectivity index (χ0n) is 21.9. The minimum absolute atomic E-state index is 0.172. The largest absolute Gasteiger partial charge is 0.340 e. The number of amides is 1. The smallest absolute Gasteiger partial charge is 0.333 e. The maximum Gasteiger partial charge on any atom is 0.333 e. The van der Waals surface area contributed by atoms with Crippen molar-refractivity contribution in [3.05, 3.63) is 87.1 Å². The van der Waals surface area contributed by atoms with E-state index in [0.717, 1.165) is 18.7 Å². The third-order valence-corrected chi connectivity index (χ3v) is 6.73. The van der Waals surface area contributed by atoms with Crippen molar-refractivity contribution in [3.63, 3.8) is 0 Å². The Morgan fingerprint density at radius 2 is 1.67 bits per heavy atom. The lowest BCUT2D eigenvalue weighted by Gasteiger charge is -2.28. The molecule has 10 heteroatoms. The Morgan fingerprint density at radius 1 is 0.974 bits per heavy atom. The Kier molecular flexibility index (Phi) is 7.89. The number of carbonyl (C=O) groups excluding carboxylic acids is 1. The monoisotopic (exact) mass is 525 g/mol. The summed E-state index contributed by atoms with van der Waals surface area (Å²) in [4.78, 5) is 47.6. The predicted octanol–water partition coefficient (Wildman–Crippen LogP) is 1.67. The first-order valence-electron chi connectivity index (χ1n) is 13.0. The molecule has 0 bridgehead atoms. The van der Waals surface area contributed by atoms with Crippen molar-refractivity contribution >= 4 is 28.7 Å². The number of anilines is 2. The van der Waals surface area contributed by atoms with Crippen LogP contribution >= 0.6 is 0 Å². The number of hydrogen-bond donors (Lipinski definition) is 2. The summed E-state index contributed by atoms with van der Waals surface area (Å²) in [5.41, 5.74) is 1.09. The summed E-state index contributed by atoms with van der Waals surface area (Å²) >= 11 is 0. The summed E-state index contributed by atoms with van der Waals surface area (Å²) in [6.45, 7) is 4.82.